The molecule has 0 aliphatic rings. The van der Waals surface area contributed by atoms with Crippen LogP contribution in [0.25, 0.3) is 11.5 Å². The molecule has 0 saturated carbocycles. The Morgan fingerprint density at radius 2 is 2.21 bits per heavy atom. The second kappa shape index (κ2) is 7.22. The summed E-state index contributed by atoms with van der Waals surface area (Å²) in [6.45, 7) is 1.74. The molecular weight excluding hydrogens is 331 g/mol. The van der Waals surface area contributed by atoms with E-state index in [9.17, 15) is 9.18 Å². The quantitative estimate of drug-likeness (QED) is 0.715. The van der Waals surface area contributed by atoms with E-state index in [-0.39, 0.29) is 11.7 Å². The first-order valence-electron chi connectivity index (χ1n) is 7.05. The minimum absolute atomic E-state index is 0.169. The zero-order valence-electron chi connectivity index (χ0n) is 12.7. The molecule has 0 atom stereocenters. The van der Waals surface area contributed by atoms with E-state index in [1.54, 1.807) is 31.3 Å². The number of aryl methyl sites for hydroxylation is 1. The fraction of sp³-hybridized carbons (Fsp3) is 0.125. The molecular formula is C16H13FN4O2S. The van der Waals surface area contributed by atoms with Gasteiger partial charge in [-0.15, -0.1) is 0 Å². The van der Waals surface area contributed by atoms with Gasteiger partial charge >= 0.3 is 0 Å². The smallest absolute Gasteiger partial charge is 0.259 e. The molecule has 8 heteroatoms. The summed E-state index contributed by atoms with van der Waals surface area (Å²) in [4.78, 5) is 20.2. The lowest BCUT2D eigenvalue weighted by atomic mass is 10.3. The number of benzene rings is 1. The predicted molar refractivity (Wildman–Crippen MR) is 88.0 cm³/mol. The maximum Gasteiger partial charge on any atom is 0.259 e. The van der Waals surface area contributed by atoms with Crippen LogP contribution in [0.15, 0.2) is 52.1 Å². The Labute approximate surface area is 141 Å². The second-order valence-corrected chi connectivity index (χ2v) is 5.87. The number of carbonyl (C=O) groups excluding carboxylic acids is 1. The van der Waals surface area contributed by atoms with Crippen molar-refractivity contribution in [3.63, 3.8) is 0 Å². The van der Waals surface area contributed by atoms with Crippen LogP contribution in [0.5, 0.6) is 0 Å². The molecule has 0 spiro atoms. The lowest BCUT2D eigenvalue weighted by Crippen LogP contribution is -2.14. The fourth-order valence-corrected chi connectivity index (χ4v) is 2.55. The molecule has 2 aromatic heterocycles. The van der Waals surface area contributed by atoms with Crippen LogP contribution in [-0.4, -0.2) is 26.8 Å². The Kier molecular flexibility index (Phi) is 4.85. The third-order valence-electron chi connectivity index (χ3n) is 2.97. The lowest BCUT2D eigenvalue weighted by Gasteiger charge is -2.05. The van der Waals surface area contributed by atoms with Gasteiger partial charge in [0.15, 0.2) is 5.82 Å². The van der Waals surface area contributed by atoms with Gasteiger partial charge in [0, 0.05) is 11.9 Å². The first-order chi connectivity index (χ1) is 11.6. The summed E-state index contributed by atoms with van der Waals surface area (Å²) >= 11 is 1.28. The van der Waals surface area contributed by atoms with Crippen molar-refractivity contribution in [2.75, 3.05) is 11.1 Å². The molecule has 0 unspecified atom stereocenters. The van der Waals surface area contributed by atoms with E-state index in [0.717, 1.165) is 0 Å². The molecule has 24 heavy (non-hydrogen) atoms. The van der Waals surface area contributed by atoms with Crippen molar-refractivity contribution < 1.29 is 13.7 Å². The number of thioether (sulfide) groups is 1. The van der Waals surface area contributed by atoms with Gasteiger partial charge in [0.05, 0.1) is 16.3 Å². The van der Waals surface area contributed by atoms with Crippen molar-refractivity contribution in [1.82, 2.24) is 15.1 Å². The number of nitrogens with one attached hydrogen (secondary N) is 1. The standard InChI is InChI=1S/C16H13FN4O2S/c1-10-19-16(23-21-10)11-5-6-15(18-8-11)24-9-14(22)20-13-4-2-3-12(17)7-13/h2-8H,9H2,1H3,(H,20,22). The molecule has 1 amide bonds. The molecule has 0 aliphatic carbocycles. The normalized spacial score (nSPS) is 10.6. The SMILES string of the molecule is Cc1noc(-c2ccc(SCC(=O)Nc3cccc(F)c3)nc2)n1. The van der Waals surface area contributed by atoms with Crippen LogP contribution in [-0.2, 0) is 4.79 Å². The van der Waals surface area contributed by atoms with Crippen molar-refractivity contribution in [1.29, 1.82) is 0 Å². The molecule has 0 bridgehead atoms. The number of pyridine rings is 1. The third kappa shape index (κ3) is 4.17. The minimum Gasteiger partial charge on any atom is -0.334 e. The largest absolute Gasteiger partial charge is 0.334 e. The number of carbonyl (C=O) groups is 1. The second-order valence-electron chi connectivity index (χ2n) is 4.88. The summed E-state index contributed by atoms with van der Waals surface area (Å²) in [5.41, 5.74) is 1.14. The third-order valence-corrected chi connectivity index (χ3v) is 3.91. The van der Waals surface area contributed by atoms with Crippen LogP contribution < -0.4 is 5.32 Å². The van der Waals surface area contributed by atoms with Gasteiger partial charge in [-0.25, -0.2) is 9.37 Å². The van der Waals surface area contributed by atoms with Gasteiger partial charge in [-0.05, 0) is 37.3 Å². The Morgan fingerprint density at radius 3 is 2.88 bits per heavy atom. The van der Waals surface area contributed by atoms with Crippen LogP contribution in [0.2, 0.25) is 0 Å². The van der Waals surface area contributed by atoms with Crippen LogP contribution in [0.4, 0.5) is 10.1 Å². The van der Waals surface area contributed by atoms with E-state index < -0.39 is 5.82 Å². The Hall–Kier alpha value is -2.74. The van der Waals surface area contributed by atoms with Crippen LogP contribution in [0.3, 0.4) is 0 Å². The van der Waals surface area contributed by atoms with Crippen LogP contribution in [0.1, 0.15) is 5.82 Å². The van der Waals surface area contributed by atoms with Crippen LogP contribution >= 0.6 is 11.8 Å². The van der Waals surface area contributed by atoms with Gasteiger partial charge in [0.2, 0.25) is 5.91 Å². The molecule has 1 N–H and O–H groups in total. The Bertz CT molecular complexity index is 851. The maximum absolute atomic E-state index is 13.1. The average molecular weight is 344 g/mol. The average Bonchev–Trinajstić information content (AvgIpc) is 3.00. The first kappa shape index (κ1) is 16.1. The molecule has 3 rings (SSSR count). The highest BCUT2D eigenvalue weighted by Gasteiger charge is 2.08. The highest BCUT2D eigenvalue weighted by Crippen LogP contribution is 2.21. The minimum atomic E-state index is -0.394. The fourth-order valence-electron chi connectivity index (χ4n) is 1.91. The van der Waals surface area contributed by atoms with E-state index in [1.165, 1.54) is 30.0 Å². The molecule has 3 aromatic rings. The van der Waals surface area contributed by atoms with Crippen molar-refractivity contribution >= 4 is 23.4 Å². The van der Waals surface area contributed by atoms with E-state index >= 15 is 0 Å². The summed E-state index contributed by atoms with van der Waals surface area (Å²) in [6, 6.07) is 9.33. The van der Waals surface area contributed by atoms with Crippen molar-refractivity contribution in [3.05, 3.63) is 54.2 Å². The van der Waals surface area contributed by atoms with Crippen LogP contribution in [0, 0.1) is 12.7 Å². The maximum atomic E-state index is 13.1. The summed E-state index contributed by atoms with van der Waals surface area (Å²) in [5.74, 6) is 0.499. The molecule has 1 aromatic carbocycles. The summed E-state index contributed by atoms with van der Waals surface area (Å²) in [6.07, 6.45) is 1.61. The molecule has 0 radical (unpaired) electrons. The number of amides is 1. The predicted octanol–water partition coefficient (Wildman–Crippen LogP) is 3.31. The molecule has 0 saturated heterocycles. The monoisotopic (exact) mass is 344 g/mol. The highest BCUT2D eigenvalue weighted by atomic mass is 32.2. The van der Waals surface area contributed by atoms with E-state index in [1.807, 2.05) is 0 Å². The van der Waals surface area contributed by atoms with Gasteiger partial charge in [-0.1, -0.05) is 23.0 Å². The van der Waals surface area contributed by atoms with Gasteiger partial charge in [-0.2, -0.15) is 4.98 Å². The molecule has 2 heterocycles. The Balaban J connectivity index is 1.55. The van der Waals surface area contributed by atoms with E-state index in [4.69, 9.17) is 4.52 Å². The first-order valence-corrected chi connectivity index (χ1v) is 8.04. The lowest BCUT2D eigenvalue weighted by molar-refractivity contribution is -0.113. The molecule has 0 aliphatic heterocycles. The zero-order chi connectivity index (χ0) is 16.9. The van der Waals surface area contributed by atoms with E-state index in [0.29, 0.717) is 28.0 Å². The van der Waals surface area contributed by atoms with Crippen molar-refractivity contribution in [2.45, 2.75) is 11.9 Å². The Morgan fingerprint density at radius 1 is 1.33 bits per heavy atom. The van der Waals surface area contributed by atoms with Gasteiger partial charge in [0.25, 0.3) is 5.89 Å². The van der Waals surface area contributed by atoms with Gasteiger partial charge in [-0.3, -0.25) is 4.79 Å². The number of hydrogen-bond acceptors (Lipinski definition) is 6. The molecule has 0 fully saturated rings. The van der Waals surface area contributed by atoms with E-state index in [2.05, 4.69) is 20.4 Å². The number of aromatic nitrogens is 3. The molecule has 6 nitrogen and oxygen atoms in total. The summed E-state index contributed by atoms with van der Waals surface area (Å²) < 4.78 is 18.1. The summed E-state index contributed by atoms with van der Waals surface area (Å²) in [5, 5.41) is 7.04. The summed E-state index contributed by atoms with van der Waals surface area (Å²) in [7, 11) is 0. The number of anilines is 1. The number of hydrogen-bond donors (Lipinski definition) is 1. The number of halogens is 1. The highest BCUT2D eigenvalue weighted by molar-refractivity contribution is 7.99. The topological polar surface area (TPSA) is 80.9 Å². The number of rotatable bonds is 5. The van der Waals surface area contributed by atoms with Crippen molar-refractivity contribution in [3.8, 4) is 11.5 Å². The zero-order valence-corrected chi connectivity index (χ0v) is 13.5. The molecule has 122 valence electrons. The number of nitrogens with zero attached hydrogens (tertiary/aromatic N) is 3. The van der Waals surface area contributed by atoms with Gasteiger partial charge in [0.1, 0.15) is 5.82 Å². The van der Waals surface area contributed by atoms with Gasteiger partial charge < -0.3 is 9.84 Å². The van der Waals surface area contributed by atoms with Crippen molar-refractivity contribution in [2.24, 2.45) is 0 Å².